The molecular formula is C19H30N4. The van der Waals surface area contributed by atoms with Gasteiger partial charge in [-0.2, -0.15) is 5.26 Å². The molecule has 23 heavy (non-hydrogen) atoms. The Balaban J connectivity index is 2.23. The molecule has 0 aromatic carbocycles. The quantitative estimate of drug-likeness (QED) is 0.746. The monoisotopic (exact) mass is 314 g/mol. The Bertz CT molecular complexity index is 557. The molecule has 0 bridgehead atoms. The molecule has 1 aliphatic rings. The highest BCUT2D eigenvalue weighted by Crippen LogP contribution is 2.31. The lowest BCUT2D eigenvalue weighted by Crippen LogP contribution is -2.19. The minimum atomic E-state index is 0.796. The van der Waals surface area contributed by atoms with Gasteiger partial charge in [0.05, 0.1) is 5.56 Å². The van der Waals surface area contributed by atoms with E-state index in [1.54, 1.807) is 0 Å². The van der Waals surface area contributed by atoms with Gasteiger partial charge in [0.1, 0.15) is 11.9 Å². The summed E-state index contributed by atoms with van der Waals surface area (Å²) < 4.78 is 0. The smallest absolute Gasteiger partial charge is 0.144 e. The van der Waals surface area contributed by atoms with E-state index in [0.29, 0.717) is 0 Å². The van der Waals surface area contributed by atoms with Crippen molar-refractivity contribution in [1.82, 2.24) is 9.88 Å². The first-order chi connectivity index (χ1) is 11.2. The summed E-state index contributed by atoms with van der Waals surface area (Å²) in [5.74, 6) is 0.818. The van der Waals surface area contributed by atoms with Gasteiger partial charge < -0.3 is 10.2 Å². The van der Waals surface area contributed by atoms with Crippen molar-refractivity contribution in [2.24, 2.45) is 0 Å². The lowest BCUT2D eigenvalue weighted by atomic mass is 9.86. The van der Waals surface area contributed by atoms with Crippen LogP contribution in [0.3, 0.4) is 0 Å². The normalized spacial score (nSPS) is 13.7. The molecule has 0 aliphatic heterocycles. The Morgan fingerprint density at radius 3 is 2.57 bits per heavy atom. The topological polar surface area (TPSA) is 52.0 Å². The molecule has 1 N–H and O–H groups in total. The fourth-order valence-electron chi connectivity index (χ4n) is 3.30. The van der Waals surface area contributed by atoms with Gasteiger partial charge in [0, 0.05) is 12.2 Å². The van der Waals surface area contributed by atoms with E-state index < -0.39 is 0 Å². The highest BCUT2D eigenvalue weighted by Gasteiger charge is 2.21. The van der Waals surface area contributed by atoms with Crippen LogP contribution in [0.25, 0.3) is 0 Å². The lowest BCUT2D eigenvalue weighted by Gasteiger charge is -2.22. The van der Waals surface area contributed by atoms with E-state index >= 15 is 0 Å². The minimum absolute atomic E-state index is 0.796. The van der Waals surface area contributed by atoms with Crippen LogP contribution < -0.4 is 5.32 Å². The average Bonchev–Trinajstić information content (AvgIpc) is 2.56. The number of hydrogen-bond donors (Lipinski definition) is 1. The molecule has 0 unspecified atom stereocenters. The fraction of sp³-hybridized carbons (Fsp3) is 0.684. The number of unbranched alkanes of at least 4 members (excludes halogenated alkanes) is 1. The van der Waals surface area contributed by atoms with E-state index in [-0.39, 0.29) is 0 Å². The number of anilines is 1. The van der Waals surface area contributed by atoms with Gasteiger partial charge in [-0.15, -0.1) is 0 Å². The van der Waals surface area contributed by atoms with Crippen LogP contribution in [0.4, 0.5) is 5.82 Å². The predicted octanol–water partition coefficient (Wildman–Crippen LogP) is 3.54. The molecule has 4 heteroatoms. The van der Waals surface area contributed by atoms with E-state index in [1.807, 2.05) is 0 Å². The SMILES string of the molecule is CCCCc1nc(NCCCN(C)C)c(C#N)c2c1CCCC2. The maximum Gasteiger partial charge on any atom is 0.144 e. The fourth-order valence-corrected chi connectivity index (χ4v) is 3.30. The van der Waals surface area contributed by atoms with Crippen LogP contribution in [0.2, 0.25) is 0 Å². The average molecular weight is 314 g/mol. The van der Waals surface area contributed by atoms with Crippen LogP contribution in [0.5, 0.6) is 0 Å². The summed E-state index contributed by atoms with van der Waals surface area (Å²) in [5, 5.41) is 13.1. The van der Waals surface area contributed by atoms with Gasteiger partial charge in [0.15, 0.2) is 0 Å². The molecule has 1 aromatic heterocycles. The summed E-state index contributed by atoms with van der Waals surface area (Å²) in [6.07, 6.45) is 9.00. The molecule has 0 fully saturated rings. The molecule has 4 nitrogen and oxygen atoms in total. The van der Waals surface area contributed by atoms with Crippen molar-refractivity contribution in [3.05, 3.63) is 22.4 Å². The van der Waals surface area contributed by atoms with Crippen LogP contribution in [-0.2, 0) is 19.3 Å². The van der Waals surface area contributed by atoms with Gasteiger partial charge in [0.2, 0.25) is 0 Å². The Morgan fingerprint density at radius 2 is 1.91 bits per heavy atom. The molecule has 1 heterocycles. The molecule has 0 radical (unpaired) electrons. The molecule has 2 rings (SSSR count). The second-order valence-corrected chi connectivity index (χ2v) is 6.75. The van der Waals surface area contributed by atoms with Crippen molar-refractivity contribution in [3.8, 4) is 6.07 Å². The van der Waals surface area contributed by atoms with Crippen molar-refractivity contribution in [1.29, 1.82) is 5.26 Å². The van der Waals surface area contributed by atoms with Crippen LogP contribution in [0, 0.1) is 11.3 Å². The Labute approximate surface area is 140 Å². The largest absolute Gasteiger partial charge is 0.369 e. The van der Waals surface area contributed by atoms with Crippen molar-refractivity contribution in [2.75, 3.05) is 32.5 Å². The van der Waals surface area contributed by atoms with Crippen molar-refractivity contribution in [2.45, 2.75) is 58.3 Å². The zero-order chi connectivity index (χ0) is 16.7. The third-order valence-corrected chi connectivity index (χ3v) is 4.56. The standard InChI is InChI=1S/C19H30N4/c1-4-5-11-18-16-10-7-6-9-15(16)17(14-20)19(22-18)21-12-8-13-23(2)3/h4-13H2,1-3H3,(H,21,22). The number of fused-ring (bicyclic) bond motifs is 1. The number of nitrogens with one attached hydrogen (secondary N) is 1. The van der Waals surface area contributed by atoms with Gasteiger partial charge in [-0.1, -0.05) is 13.3 Å². The zero-order valence-electron chi connectivity index (χ0n) is 14.9. The third-order valence-electron chi connectivity index (χ3n) is 4.56. The summed E-state index contributed by atoms with van der Waals surface area (Å²) in [6, 6.07) is 2.42. The zero-order valence-corrected chi connectivity index (χ0v) is 14.9. The maximum absolute atomic E-state index is 9.65. The Morgan fingerprint density at radius 1 is 1.17 bits per heavy atom. The first-order valence-corrected chi connectivity index (χ1v) is 9.00. The van der Waals surface area contributed by atoms with Crippen LogP contribution >= 0.6 is 0 Å². The molecule has 1 aromatic rings. The van der Waals surface area contributed by atoms with Gasteiger partial charge >= 0.3 is 0 Å². The number of nitriles is 1. The highest BCUT2D eigenvalue weighted by molar-refractivity contribution is 5.60. The minimum Gasteiger partial charge on any atom is -0.369 e. The predicted molar refractivity (Wildman–Crippen MR) is 95.9 cm³/mol. The molecular weight excluding hydrogens is 284 g/mol. The second kappa shape index (κ2) is 8.88. The van der Waals surface area contributed by atoms with Crippen molar-refractivity contribution < 1.29 is 0 Å². The van der Waals surface area contributed by atoms with E-state index in [2.05, 4.69) is 37.3 Å². The molecule has 126 valence electrons. The summed E-state index contributed by atoms with van der Waals surface area (Å²) in [4.78, 5) is 7.04. The summed E-state index contributed by atoms with van der Waals surface area (Å²) >= 11 is 0. The lowest BCUT2D eigenvalue weighted by molar-refractivity contribution is 0.405. The summed E-state index contributed by atoms with van der Waals surface area (Å²) in [7, 11) is 4.17. The van der Waals surface area contributed by atoms with Crippen LogP contribution in [-0.4, -0.2) is 37.1 Å². The van der Waals surface area contributed by atoms with Crippen molar-refractivity contribution in [3.63, 3.8) is 0 Å². The number of nitrogens with zero attached hydrogens (tertiary/aromatic N) is 3. The maximum atomic E-state index is 9.65. The van der Waals surface area contributed by atoms with Crippen LogP contribution in [0.15, 0.2) is 0 Å². The number of rotatable bonds is 8. The summed E-state index contributed by atoms with van der Waals surface area (Å²) in [5.41, 5.74) is 4.68. The number of hydrogen-bond acceptors (Lipinski definition) is 4. The number of pyridine rings is 1. The van der Waals surface area contributed by atoms with E-state index in [0.717, 1.165) is 50.2 Å². The molecule has 0 saturated heterocycles. The molecule has 0 amide bonds. The molecule has 0 saturated carbocycles. The molecule has 0 spiro atoms. The molecule has 1 aliphatic carbocycles. The van der Waals surface area contributed by atoms with Crippen molar-refractivity contribution >= 4 is 5.82 Å². The van der Waals surface area contributed by atoms with Crippen LogP contribution in [0.1, 0.15) is 61.4 Å². The van der Waals surface area contributed by atoms with Gasteiger partial charge in [-0.05, 0) is 76.7 Å². The second-order valence-electron chi connectivity index (χ2n) is 6.75. The van der Waals surface area contributed by atoms with E-state index in [9.17, 15) is 5.26 Å². The number of aromatic nitrogens is 1. The summed E-state index contributed by atoms with van der Waals surface area (Å²) in [6.45, 7) is 4.13. The van der Waals surface area contributed by atoms with E-state index in [1.165, 1.54) is 42.5 Å². The first-order valence-electron chi connectivity index (χ1n) is 9.00. The third kappa shape index (κ3) is 4.68. The van der Waals surface area contributed by atoms with Gasteiger partial charge in [-0.3, -0.25) is 0 Å². The Hall–Kier alpha value is -1.60. The highest BCUT2D eigenvalue weighted by atomic mass is 15.1. The molecule has 0 atom stereocenters. The number of aryl methyl sites for hydroxylation is 1. The Kier molecular flexibility index (Phi) is 6.85. The van der Waals surface area contributed by atoms with E-state index in [4.69, 9.17) is 4.98 Å². The van der Waals surface area contributed by atoms with Gasteiger partial charge in [0.25, 0.3) is 0 Å². The first kappa shape index (κ1) is 17.7. The van der Waals surface area contributed by atoms with Gasteiger partial charge in [-0.25, -0.2) is 4.98 Å².